The van der Waals surface area contributed by atoms with Crippen molar-refractivity contribution in [2.75, 3.05) is 7.11 Å². The second-order valence-corrected chi connectivity index (χ2v) is 5.09. The van der Waals surface area contributed by atoms with Gasteiger partial charge in [0.25, 0.3) is 5.56 Å². The molecule has 0 saturated heterocycles. The van der Waals surface area contributed by atoms with Crippen LogP contribution in [0.3, 0.4) is 0 Å². The molecule has 0 aliphatic carbocycles. The van der Waals surface area contributed by atoms with E-state index in [1.807, 2.05) is 13.8 Å². The monoisotopic (exact) mass is 294 g/mol. The fourth-order valence-corrected chi connectivity index (χ4v) is 2.14. The smallest absolute Gasteiger partial charge is 0.258 e. The predicted octanol–water partition coefficient (Wildman–Crippen LogP) is 2.93. The van der Waals surface area contributed by atoms with Crippen LogP contribution in [-0.4, -0.2) is 22.2 Å². The molecule has 2 aromatic rings. The van der Waals surface area contributed by atoms with Gasteiger partial charge in [-0.1, -0.05) is 25.4 Å². The van der Waals surface area contributed by atoms with Crippen LogP contribution in [0.15, 0.2) is 23.0 Å². The molecule has 0 amide bonds. The zero-order valence-corrected chi connectivity index (χ0v) is 12.2. The molecule has 5 nitrogen and oxygen atoms in total. The maximum atomic E-state index is 12.0. The van der Waals surface area contributed by atoms with Crippen LogP contribution >= 0.6 is 11.6 Å². The summed E-state index contributed by atoms with van der Waals surface area (Å²) in [5.74, 6) is 0.325. The second-order valence-electron chi connectivity index (χ2n) is 4.65. The lowest BCUT2D eigenvalue weighted by atomic mass is 10.1. The van der Waals surface area contributed by atoms with Gasteiger partial charge in [0.15, 0.2) is 0 Å². The Labute approximate surface area is 121 Å². The SMILES string of the molecule is COc1cc(Cl)ccc1-c1nc(O)c(C(C)C)c(=O)[nH]1. The molecule has 2 rings (SSSR count). The number of H-pyrrole nitrogens is 1. The molecule has 0 bridgehead atoms. The number of nitrogens with one attached hydrogen (secondary N) is 1. The molecule has 0 spiro atoms. The summed E-state index contributed by atoms with van der Waals surface area (Å²) in [5.41, 5.74) is 0.459. The summed E-state index contributed by atoms with van der Waals surface area (Å²) in [5, 5.41) is 10.4. The number of halogens is 1. The van der Waals surface area contributed by atoms with Crippen molar-refractivity contribution in [1.29, 1.82) is 0 Å². The number of methoxy groups -OCH3 is 1. The van der Waals surface area contributed by atoms with Gasteiger partial charge in [0.1, 0.15) is 11.6 Å². The van der Waals surface area contributed by atoms with Crippen molar-refractivity contribution in [3.63, 3.8) is 0 Å². The fourth-order valence-electron chi connectivity index (χ4n) is 1.98. The summed E-state index contributed by atoms with van der Waals surface area (Å²) in [6.07, 6.45) is 0. The molecular formula is C14H15ClN2O3. The van der Waals surface area contributed by atoms with Crippen LogP contribution in [0.5, 0.6) is 11.6 Å². The van der Waals surface area contributed by atoms with Gasteiger partial charge >= 0.3 is 0 Å². The second kappa shape index (κ2) is 5.54. The molecule has 1 aromatic carbocycles. The van der Waals surface area contributed by atoms with Gasteiger partial charge in [0, 0.05) is 5.02 Å². The molecule has 20 heavy (non-hydrogen) atoms. The van der Waals surface area contributed by atoms with Crippen molar-refractivity contribution in [1.82, 2.24) is 9.97 Å². The summed E-state index contributed by atoms with van der Waals surface area (Å²) in [6.45, 7) is 3.63. The number of ether oxygens (including phenoxy) is 1. The van der Waals surface area contributed by atoms with Crippen LogP contribution in [0.4, 0.5) is 0 Å². The minimum Gasteiger partial charge on any atom is -0.496 e. The van der Waals surface area contributed by atoms with E-state index < -0.39 is 0 Å². The lowest BCUT2D eigenvalue weighted by Crippen LogP contribution is -2.16. The van der Waals surface area contributed by atoms with E-state index in [4.69, 9.17) is 16.3 Å². The summed E-state index contributed by atoms with van der Waals surface area (Å²) in [4.78, 5) is 18.7. The molecule has 1 heterocycles. The first-order valence-corrected chi connectivity index (χ1v) is 6.49. The molecule has 0 unspecified atom stereocenters. The summed E-state index contributed by atoms with van der Waals surface area (Å²) in [6, 6.07) is 4.95. The highest BCUT2D eigenvalue weighted by Crippen LogP contribution is 2.31. The van der Waals surface area contributed by atoms with E-state index in [2.05, 4.69) is 9.97 Å². The quantitative estimate of drug-likeness (QED) is 0.912. The molecule has 1 aromatic heterocycles. The number of hydrogen-bond acceptors (Lipinski definition) is 4. The summed E-state index contributed by atoms with van der Waals surface area (Å²) < 4.78 is 5.21. The van der Waals surface area contributed by atoms with Crippen molar-refractivity contribution < 1.29 is 9.84 Å². The van der Waals surface area contributed by atoms with Gasteiger partial charge < -0.3 is 14.8 Å². The Balaban J connectivity index is 2.63. The largest absolute Gasteiger partial charge is 0.496 e. The van der Waals surface area contributed by atoms with Gasteiger partial charge in [0.05, 0.1) is 18.2 Å². The number of nitrogens with zero attached hydrogens (tertiary/aromatic N) is 1. The van der Waals surface area contributed by atoms with Crippen molar-refractivity contribution in [2.24, 2.45) is 0 Å². The van der Waals surface area contributed by atoms with E-state index >= 15 is 0 Å². The zero-order chi connectivity index (χ0) is 14.9. The Morgan fingerprint density at radius 3 is 2.65 bits per heavy atom. The predicted molar refractivity (Wildman–Crippen MR) is 77.6 cm³/mol. The van der Waals surface area contributed by atoms with E-state index in [0.717, 1.165) is 0 Å². The molecule has 0 aliphatic rings. The summed E-state index contributed by atoms with van der Waals surface area (Å²) >= 11 is 5.89. The van der Waals surface area contributed by atoms with Crippen LogP contribution in [-0.2, 0) is 0 Å². The van der Waals surface area contributed by atoms with Crippen molar-refractivity contribution in [2.45, 2.75) is 19.8 Å². The van der Waals surface area contributed by atoms with Gasteiger partial charge in [-0.25, -0.2) is 0 Å². The summed E-state index contributed by atoms with van der Waals surface area (Å²) in [7, 11) is 1.50. The first-order chi connectivity index (χ1) is 9.43. The third-order valence-corrected chi connectivity index (χ3v) is 3.17. The van der Waals surface area contributed by atoms with E-state index in [1.54, 1.807) is 18.2 Å². The number of rotatable bonds is 3. The minimum atomic E-state index is -0.362. The van der Waals surface area contributed by atoms with Gasteiger partial charge in [-0.15, -0.1) is 0 Å². The standard InChI is InChI=1S/C14H15ClN2O3/c1-7(2)11-13(18)16-12(17-14(11)19)9-5-4-8(15)6-10(9)20-3/h4-7H,1-3H3,(H2,16,17,18,19). The van der Waals surface area contributed by atoms with Gasteiger partial charge in [-0.3, -0.25) is 4.79 Å². The zero-order valence-electron chi connectivity index (χ0n) is 11.4. The van der Waals surface area contributed by atoms with E-state index in [-0.39, 0.29) is 28.7 Å². The van der Waals surface area contributed by atoms with Gasteiger partial charge in [-0.2, -0.15) is 4.98 Å². The maximum Gasteiger partial charge on any atom is 0.258 e. The molecule has 106 valence electrons. The highest BCUT2D eigenvalue weighted by molar-refractivity contribution is 6.30. The number of benzene rings is 1. The van der Waals surface area contributed by atoms with Crippen LogP contribution in [0.2, 0.25) is 5.02 Å². The molecule has 2 N–H and O–H groups in total. The number of aromatic hydroxyl groups is 1. The first kappa shape index (κ1) is 14.4. The Hall–Kier alpha value is -2.01. The molecule has 0 aliphatic heterocycles. The lowest BCUT2D eigenvalue weighted by Gasteiger charge is -2.11. The molecule has 0 saturated carbocycles. The Morgan fingerprint density at radius 1 is 1.40 bits per heavy atom. The normalized spacial score (nSPS) is 10.8. The third-order valence-electron chi connectivity index (χ3n) is 2.93. The average molecular weight is 295 g/mol. The highest BCUT2D eigenvalue weighted by atomic mass is 35.5. The number of aromatic nitrogens is 2. The molecule has 6 heteroatoms. The van der Waals surface area contributed by atoms with Crippen molar-refractivity contribution in [3.8, 4) is 23.0 Å². The van der Waals surface area contributed by atoms with Crippen LogP contribution in [0.1, 0.15) is 25.3 Å². The number of aromatic amines is 1. The third kappa shape index (κ3) is 2.63. The van der Waals surface area contributed by atoms with Crippen LogP contribution in [0, 0.1) is 0 Å². The Bertz CT molecular complexity index is 695. The molecular weight excluding hydrogens is 280 g/mol. The van der Waals surface area contributed by atoms with E-state index in [0.29, 0.717) is 16.3 Å². The first-order valence-electron chi connectivity index (χ1n) is 6.11. The minimum absolute atomic E-state index is 0.118. The van der Waals surface area contributed by atoms with Crippen LogP contribution in [0.25, 0.3) is 11.4 Å². The highest BCUT2D eigenvalue weighted by Gasteiger charge is 2.16. The van der Waals surface area contributed by atoms with E-state index in [9.17, 15) is 9.90 Å². The van der Waals surface area contributed by atoms with E-state index in [1.165, 1.54) is 7.11 Å². The lowest BCUT2D eigenvalue weighted by molar-refractivity contribution is 0.415. The van der Waals surface area contributed by atoms with Crippen molar-refractivity contribution in [3.05, 3.63) is 39.1 Å². The topological polar surface area (TPSA) is 75.2 Å². The van der Waals surface area contributed by atoms with Crippen molar-refractivity contribution >= 4 is 11.6 Å². The van der Waals surface area contributed by atoms with Gasteiger partial charge in [0.2, 0.25) is 5.88 Å². The molecule has 0 atom stereocenters. The average Bonchev–Trinajstić information content (AvgIpc) is 2.37. The Morgan fingerprint density at radius 2 is 2.10 bits per heavy atom. The molecule has 0 radical (unpaired) electrons. The Kier molecular flexibility index (Phi) is 3.99. The van der Waals surface area contributed by atoms with Gasteiger partial charge in [-0.05, 0) is 24.1 Å². The van der Waals surface area contributed by atoms with Crippen LogP contribution < -0.4 is 10.3 Å². The maximum absolute atomic E-state index is 12.0. The number of hydrogen-bond donors (Lipinski definition) is 2. The molecule has 0 fully saturated rings. The fraction of sp³-hybridized carbons (Fsp3) is 0.286.